The highest BCUT2D eigenvalue weighted by molar-refractivity contribution is 5.86. The molecule has 0 aromatic rings. The fourth-order valence-electron chi connectivity index (χ4n) is 5.13. The number of carbonyl (C=O) groups excluding carboxylic acids is 1. The Hall–Kier alpha value is -1.30. The molecule has 3 fully saturated rings. The number of rotatable bonds is 6. The second-order valence-corrected chi connectivity index (χ2v) is 8.26. The Bertz CT molecular complexity index is 508. The van der Waals surface area contributed by atoms with Gasteiger partial charge in [0, 0.05) is 25.0 Å². The molecular weight excluding hydrogens is 330 g/mol. The number of nitrogens with zero attached hydrogens (tertiary/aromatic N) is 3. The van der Waals surface area contributed by atoms with Crippen LogP contribution in [0, 0.1) is 11.3 Å². The monoisotopic (exact) mass is 365 g/mol. The standard InChI is InChI=1S/C20H35N3O3/c1-4-6-18(21-25-3)16-7-10-22(11-8-16)17-13-20(14-17)9-12-23(15-20)19(24)26-5-2/h16-17H,4-15H2,1-3H3/b21-18-. The van der Waals surface area contributed by atoms with E-state index in [1.54, 1.807) is 7.11 Å². The first-order valence-electron chi connectivity index (χ1n) is 10.4. The Morgan fingerprint density at radius 1 is 1.19 bits per heavy atom. The van der Waals surface area contributed by atoms with Crippen molar-refractivity contribution in [2.24, 2.45) is 16.5 Å². The summed E-state index contributed by atoms with van der Waals surface area (Å²) in [7, 11) is 1.65. The molecule has 1 amide bonds. The second kappa shape index (κ2) is 8.59. The lowest BCUT2D eigenvalue weighted by atomic mass is 9.64. The van der Waals surface area contributed by atoms with Gasteiger partial charge in [0.05, 0.1) is 12.3 Å². The van der Waals surface area contributed by atoms with E-state index in [9.17, 15) is 4.79 Å². The molecular formula is C20H35N3O3. The van der Waals surface area contributed by atoms with Gasteiger partial charge in [0.2, 0.25) is 0 Å². The summed E-state index contributed by atoms with van der Waals surface area (Å²) < 4.78 is 5.16. The van der Waals surface area contributed by atoms with Gasteiger partial charge in [-0.15, -0.1) is 0 Å². The van der Waals surface area contributed by atoms with Crippen molar-refractivity contribution in [3.05, 3.63) is 0 Å². The number of likely N-dealkylation sites (tertiary alicyclic amines) is 2. The van der Waals surface area contributed by atoms with Crippen LogP contribution >= 0.6 is 0 Å². The van der Waals surface area contributed by atoms with Crippen molar-refractivity contribution in [2.75, 3.05) is 39.9 Å². The Labute approximate surface area is 157 Å². The summed E-state index contributed by atoms with van der Waals surface area (Å²) in [5, 5.41) is 4.29. The van der Waals surface area contributed by atoms with Gasteiger partial charge in [0.25, 0.3) is 0 Å². The van der Waals surface area contributed by atoms with Crippen molar-refractivity contribution in [3.63, 3.8) is 0 Å². The van der Waals surface area contributed by atoms with E-state index < -0.39 is 0 Å². The zero-order chi connectivity index (χ0) is 18.6. The molecule has 148 valence electrons. The van der Waals surface area contributed by atoms with Gasteiger partial charge in [0.1, 0.15) is 7.11 Å². The van der Waals surface area contributed by atoms with Gasteiger partial charge in [-0.3, -0.25) is 0 Å². The van der Waals surface area contributed by atoms with Crippen molar-refractivity contribution in [3.8, 4) is 0 Å². The molecule has 2 heterocycles. The van der Waals surface area contributed by atoms with Crippen LogP contribution in [0.3, 0.4) is 0 Å². The van der Waals surface area contributed by atoms with Gasteiger partial charge >= 0.3 is 6.09 Å². The topological polar surface area (TPSA) is 54.4 Å². The zero-order valence-electron chi connectivity index (χ0n) is 16.7. The smallest absolute Gasteiger partial charge is 0.409 e. The number of piperidine rings is 1. The average molecular weight is 366 g/mol. The summed E-state index contributed by atoms with van der Waals surface area (Å²) in [6.45, 7) is 8.62. The molecule has 3 rings (SSSR count). The lowest BCUT2D eigenvalue weighted by molar-refractivity contribution is -0.00567. The van der Waals surface area contributed by atoms with E-state index in [0.29, 0.717) is 24.0 Å². The largest absolute Gasteiger partial charge is 0.450 e. The number of ether oxygens (including phenoxy) is 1. The third-order valence-corrected chi connectivity index (χ3v) is 6.53. The normalized spacial score (nSPS) is 30.5. The van der Waals surface area contributed by atoms with Gasteiger partial charge in [0.15, 0.2) is 0 Å². The van der Waals surface area contributed by atoms with Crippen LogP contribution in [-0.2, 0) is 9.57 Å². The van der Waals surface area contributed by atoms with Gasteiger partial charge in [-0.05, 0) is 64.0 Å². The van der Waals surface area contributed by atoms with E-state index in [1.165, 1.54) is 44.5 Å². The summed E-state index contributed by atoms with van der Waals surface area (Å²) in [5.41, 5.74) is 1.61. The van der Waals surface area contributed by atoms with Gasteiger partial charge in [-0.1, -0.05) is 18.5 Å². The Kier molecular flexibility index (Phi) is 6.43. The molecule has 0 atom stereocenters. The fraction of sp³-hybridized carbons (Fsp3) is 0.900. The molecule has 6 nitrogen and oxygen atoms in total. The summed E-state index contributed by atoms with van der Waals surface area (Å²) in [5.74, 6) is 0.589. The van der Waals surface area contributed by atoms with Crippen LogP contribution in [0.2, 0.25) is 0 Å². The highest BCUT2D eigenvalue weighted by atomic mass is 16.6. The molecule has 6 heteroatoms. The number of amides is 1. The minimum atomic E-state index is -0.130. The van der Waals surface area contributed by atoms with Crippen LogP contribution in [-0.4, -0.2) is 67.5 Å². The second-order valence-electron chi connectivity index (χ2n) is 8.26. The van der Waals surface area contributed by atoms with Crippen molar-refractivity contribution >= 4 is 11.8 Å². The fourth-order valence-corrected chi connectivity index (χ4v) is 5.13. The van der Waals surface area contributed by atoms with Crippen molar-refractivity contribution in [1.29, 1.82) is 0 Å². The van der Waals surface area contributed by atoms with E-state index in [2.05, 4.69) is 17.0 Å². The summed E-state index contributed by atoms with van der Waals surface area (Å²) in [6.07, 6.45) is 8.05. The van der Waals surface area contributed by atoms with Gasteiger partial charge in [-0.2, -0.15) is 0 Å². The van der Waals surface area contributed by atoms with Crippen LogP contribution in [0.15, 0.2) is 5.16 Å². The SMILES string of the molecule is CCC/C(=N/OC)C1CCN(C2CC3(CCN(C(=O)OCC)C3)C2)CC1. The first kappa shape index (κ1) is 19.5. The third-order valence-electron chi connectivity index (χ3n) is 6.53. The van der Waals surface area contributed by atoms with Crippen LogP contribution in [0.4, 0.5) is 4.79 Å². The molecule has 3 aliphatic rings. The van der Waals surface area contributed by atoms with Crippen molar-refractivity contribution < 1.29 is 14.4 Å². The molecule has 0 bridgehead atoms. The van der Waals surface area contributed by atoms with Gasteiger partial charge < -0.3 is 19.4 Å². The highest BCUT2D eigenvalue weighted by Crippen LogP contribution is 2.50. The first-order chi connectivity index (χ1) is 12.6. The van der Waals surface area contributed by atoms with E-state index in [4.69, 9.17) is 9.57 Å². The van der Waals surface area contributed by atoms with Crippen LogP contribution < -0.4 is 0 Å². The van der Waals surface area contributed by atoms with E-state index >= 15 is 0 Å². The molecule has 1 spiro atoms. The molecule has 0 N–H and O–H groups in total. The van der Waals surface area contributed by atoms with E-state index in [1.807, 2.05) is 11.8 Å². The maximum Gasteiger partial charge on any atom is 0.409 e. The predicted octanol–water partition coefficient (Wildman–Crippen LogP) is 3.51. The number of hydrogen-bond donors (Lipinski definition) is 0. The van der Waals surface area contributed by atoms with Crippen LogP contribution in [0.5, 0.6) is 0 Å². The maximum atomic E-state index is 11.9. The average Bonchev–Trinajstić information content (AvgIpc) is 3.07. The molecule has 0 aromatic carbocycles. The zero-order valence-corrected chi connectivity index (χ0v) is 16.7. The molecule has 1 aliphatic carbocycles. The summed E-state index contributed by atoms with van der Waals surface area (Å²) >= 11 is 0. The third kappa shape index (κ3) is 4.16. The summed E-state index contributed by atoms with van der Waals surface area (Å²) in [4.78, 5) is 21.6. The molecule has 0 aromatic heterocycles. The number of hydrogen-bond acceptors (Lipinski definition) is 5. The van der Waals surface area contributed by atoms with Gasteiger partial charge in [-0.25, -0.2) is 4.79 Å². The Morgan fingerprint density at radius 2 is 1.92 bits per heavy atom. The minimum Gasteiger partial charge on any atom is -0.450 e. The molecule has 2 saturated heterocycles. The quantitative estimate of drug-likeness (QED) is 0.534. The lowest BCUT2D eigenvalue weighted by Gasteiger charge is -2.51. The first-order valence-corrected chi connectivity index (χ1v) is 10.4. The minimum absolute atomic E-state index is 0.130. The molecule has 2 aliphatic heterocycles. The highest BCUT2D eigenvalue weighted by Gasteiger charge is 2.51. The molecule has 26 heavy (non-hydrogen) atoms. The van der Waals surface area contributed by atoms with E-state index in [-0.39, 0.29) is 6.09 Å². The molecule has 0 unspecified atom stereocenters. The Morgan fingerprint density at radius 3 is 2.54 bits per heavy atom. The van der Waals surface area contributed by atoms with Crippen molar-refractivity contribution in [1.82, 2.24) is 9.80 Å². The van der Waals surface area contributed by atoms with Crippen LogP contribution in [0.25, 0.3) is 0 Å². The Balaban J connectivity index is 1.44. The lowest BCUT2D eigenvalue weighted by Crippen LogP contribution is -2.54. The van der Waals surface area contributed by atoms with E-state index in [0.717, 1.165) is 32.4 Å². The summed E-state index contributed by atoms with van der Waals surface area (Å²) in [6, 6.07) is 0.701. The number of carbonyl (C=O) groups is 1. The van der Waals surface area contributed by atoms with Crippen molar-refractivity contribution in [2.45, 2.75) is 64.8 Å². The van der Waals surface area contributed by atoms with Crippen LogP contribution in [0.1, 0.15) is 58.8 Å². The number of oxime groups is 1. The molecule has 0 radical (unpaired) electrons. The predicted molar refractivity (Wildman–Crippen MR) is 102 cm³/mol. The maximum absolute atomic E-state index is 11.9. The molecule has 1 saturated carbocycles.